The number of aromatic nitrogens is 2. The summed E-state index contributed by atoms with van der Waals surface area (Å²) >= 11 is 0. The number of hydrogen-bond donors (Lipinski definition) is 2. The summed E-state index contributed by atoms with van der Waals surface area (Å²) in [6, 6.07) is 2.95. The Hall–Kier alpha value is -3.63. The molecule has 2 aromatic carbocycles. The Morgan fingerprint density at radius 3 is 2.34 bits per heavy atom. The molecule has 2 aliphatic heterocycles. The van der Waals surface area contributed by atoms with E-state index in [1.165, 1.54) is 4.90 Å². The van der Waals surface area contributed by atoms with Gasteiger partial charge in [0.1, 0.15) is 28.7 Å². The van der Waals surface area contributed by atoms with Gasteiger partial charge in [0, 0.05) is 24.0 Å². The molecule has 32 heavy (non-hydrogen) atoms. The zero-order chi connectivity index (χ0) is 22.7. The van der Waals surface area contributed by atoms with Gasteiger partial charge in [-0.15, -0.1) is 0 Å². The molecule has 2 aliphatic rings. The number of phenolic OH excluding ortho intramolecular Hbond substituents is 1. The van der Waals surface area contributed by atoms with Gasteiger partial charge in [-0.2, -0.15) is 14.4 Å². The number of benzene rings is 2. The summed E-state index contributed by atoms with van der Waals surface area (Å²) in [7, 11) is 0. The highest BCUT2D eigenvalue weighted by atomic mass is 19.1. The standard InChI is InChI=1S/C21H16F4N4O3/c22-14-4-3-11(30)5-12(14)16-15(23)6-13-18(17(16)24)26-20(25)27-19(13)28-7-9-1-2-10(8-28)29(9)21(31)32/h3-6,9-10,30H,1-2,7-8H2,(H,31,32)/t9-,10+. The van der Waals surface area contributed by atoms with Crippen LogP contribution in [0.2, 0.25) is 0 Å². The van der Waals surface area contributed by atoms with Gasteiger partial charge in [-0.3, -0.25) is 4.90 Å². The fourth-order valence-electron chi connectivity index (χ4n) is 4.73. The van der Waals surface area contributed by atoms with E-state index in [9.17, 15) is 23.8 Å². The molecule has 2 saturated heterocycles. The van der Waals surface area contributed by atoms with Gasteiger partial charge < -0.3 is 15.1 Å². The van der Waals surface area contributed by atoms with Crippen LogP contribution in [0.5, 0.6) is 5.75 Å². The largest absolute Gasteiger partial charge is 0.508 e. The van der Waals surface area contributed by atoms with Crippen LogP contribution in [0.15, 0.2) is 24.3 Å². The Labute approximate surface area is 178 Å². The average molecular weight is 448 g/mol. The van der Waals surface area contributed by atoms with E-state index in [0.29, 0.717) is 12.8 Å². The van der Waals surface area contributed by atoms with Gasteiger partial charge in [-0.25, -0.2) is 18.0 Å². The van der Waals surface area contributed by atoms with Crippen molar-refractivity contribution in [1.29, 1.82) is 0 Å². The Morgan fingerprint density at radius 2 is 1.69 bits per heavy atom. The van der Waals surface area contributed by atoms with Crippen molar-refractivity contribution in [2.24, 2.45) is 0 Å². The van der Waals surface area contributed by atoms with Crippen molar-refractivity contribution >= 4 is 22.8 Å². The smallest absolute Gasteiger partial charge is 0.407 e. The van der Waals surface area contributed by atoms with E-state index in [1.54, 1.807) is 4.90 Å². The number of piperazine rings is 1. The van der Waals surface area contributed by atoms with Gasteiger partial charge in [-0.1, -0.05) is 0 Å². The number of aromatic hydroxyl groups is 1. The molecule has 0 spiro atoms. The van der Waals surface area contributed by atoms with E-state index in [-0.39, 0.29) is 36.4 Å². The summed E-state index contributed by atoms with van der Waals surface area (Å²) in [4.78, 5) is 21.7. The molecule has 2 fully saturated rings. The molecular formula is C21H16F4N4O3. The van der Waals surface area contributed by atoms with E-state index in [1.807, 2.05) is 0 Å². The van der Waals surface area contributed by atoms with E-state index < -0.39 is 52.0 Å². The van der Waals surface area contributed by atoms with Crippen molar-refractivity contribution in [1.82, 2.24) is 14.9 Å². The molecule has 5 rings (SSSR count). The number of anilines is 1. The van der Waals surface area contributed by atoms with E-state index in [4.69, 9.17) is 0 Å². The van der Waals surface area contributed by atoms with Gasteiger partial charge in [0.2, 0.25) is 0 Å². The fourth-order valence-corrected chi connectivity index (χ4v) is 4.73. The van der Waals surface area contributed by atoms with Gasteiger partial charge in [0.05, 0.1) is 17.6 Å². The molecule has 3 aromatic rings. The predicted octanol–water partition coefficient (Wildman–Crippen LogP) is 3.89. The Balaban J connectivity index is 1.65. The number of carboxylic acid groups (broad SMARTS) is 1. The Morgan fingerprint density at radius 1 is 1.00 bits per heavy atom. The van der Waals surface area contributed by atoms with Gasteiger partial charge in [0.15, 0.2) is 5.82 Å². The number of halogens is 4. The summed E-state index contributed by atoms with van der Waals surface area (Å²) in [5, 5.41) is 18.9. The van der Waals surface area contributed by atoms with Crippen LogP contribution in [0.1, 0.15) is 12.8 Å². The molecule has 2 N–H and O–H groups in total. The number of rotatable bonds is 2. The monoisotopic (exact) mass is 448 g/mol. The minimum absolute atomic E-state index is 0.0600. The molecule has 0 aliphatic carbocycles. The minimum atomic E-state index is -1.29. The van der Waals surface area contributed by atoms with Crippen LogP contribution in [0.3, 0.4) is 0 Å². The lowest BCUT2D eigenvalue weighted by Gasteiger charge is -2.40. The number of amides is 1. The third-order valence-corrected chi connectivity index (χ3v) is 6.06. The van der Waals surface area contributed by atoms with Crippen LogP contribution < -0.4 is 4.90 Å². The number of nitrogens with zero attached hydrogens (tertiary/aromatic N) is 4. The maximum absolute atomic E-state index is 15.3. The van der Waals surface area contributed by atoms with Crippen LogP contribution in [-0.4, -0.2) is 56.3 Å². The molecule has 2 bridgehead atoms. The van der Waals surface area contributed by atoms with Crippen LogP contribution in [0, 0.1) is 23.5 Å². The van der Waals surface area contributed by atoms with E-state index in [0.717, 1.165) is 24.3 Å². The first-order chi connectivity index (χ1) is 15.2. The summed E-state index contributed by atoms with van der Waals surface area (Å²) in [6.45, 7) is 0.362. The molecule has 1 amide bonds. The SMILES string of the molecule is O=C(O)N1[C@@H]2CC[C@H]1CN(c1nc(F)nc3c(F)c(-c4cc(O)ccc4F)c(F)cc13)C2. The highest BCUT2D eigenvalue weighted by molar-refractivity contribution is 5.93. The lowest BCUT2D eigenvalue weighted by atomic mass is 10.0. The third-order valence-electron chi connectivity index (χ3n) is 6.06. The van der Waals surface area contributed by atoms with Crippen molar-refractivity contribution < 1.29 is 32.6 Å². The summed E-state index contributed by atoms with van der Waals surface area (Å²) in [5.41, 5.74) is -1.86. The predicted molar refractivity (Wildman–Crippen MR) is 105 cm³/mol. The molecule has 1 aromatic heterocycles. The number of hydrogen-bond acceptors (Lipinski definition) is 5. The topological polar surface area (TPSA) is 89.8 Å². The average Bonchev–Trinajstić information content (AvgIpc) is 3.01. The summed E-state index contributed by atoms with van der Waals surface area (Å²) in [5.74, 6) is -3.87. The quantitative estimate of drug-likeness (QED) is 0.457. The minimum Gasteiger partial charge on any atom is -0.508 e. The van der Waals surface area contributed by atoms with Crippen LogP contribution >= 0.6 is 0 Å². The van der Waals surface area contributed by atoms with Crippen LogP contribution in [-0.2, 0) is 0 Å². The van der Waals surface area contributed by atoms with Gasteiger partial charge in [0.25, 0.3) is 0 Å². The van der Waals surface area contributed by atoms with Crippen molar-refractivity contribution in [2.75, 3.05) is 18.0 Å². The summed E-state index contributed by atoms with van der Waals surface area (Å²) < 4.78 is 58.9. The highest BCUT2D eigenvalue weighted by Gasteiger charge is 2.43. The summed E-state index contributed by atoms with van der Waals surface area (Å²) in [6.07, 6.45) is -1.08. The molecule has 0 unspecified atom stereocenters. The molecule has 11 heteroatoms. The first-order valence-corrected chi connectivity index (χ1v) is 9.85. The van der Waals surface area contributed by atoms with Crippen molar-refractivity contribution in [3.8, 4) is 16.9 Å². The molecule has 0 radical (unpaired) electrons. The van der Waals surface area contributed by atoms with E-state index >= 15 is 8.78 Å². The van der Waals surface area contributed by atoms with Crippen molar-refractivity contribution in [3.63, 3.8) is 0 Å². The second-order valence-electron chi connectivity index (χ2n) is 7.90. The molecule has 0 saturated carbocycles. The first-order valence-electron chi connectivity index (χ1n) is 9.85. The first kappa shape index (κ1) is 20.3. The second kappa shape index (κ2) is 7.21. The molecular weight excluding hydrogens is 432 g/mol. The zero-order valence-corrected chi connectivity index (χ0v) is 16.4. The molecule has 3 heterocycles. The van der Waals surface area contributed by atoms with Crippen molar-refractivity contribution in [2.45, 2.75) is 24.9 Å². The third kappa shape index (κ3) is 3.07. The Kier molecular flexibility index (Phi) is 4.57. The zero-order valence-electron chi connectivity index (χ0n) is 16.4. The lowest BCUT2D eigenvalue weighted by molar-refractivity contribution is 0.114. The Bertz CT molecular complexity index is 1260. The fraction of sp³-hybridized carbons (Fsp3) is 0.286. The van der Waals surface area contributed by atoms with Crippen LogP contribution in [0.25, 0.3) is 22.0 Å². The van der Waals surface area contributed by atoms with Gasteiger partial charge >= 0.3 is 12.2 Å². The maximum atomic E-state index is 15.3. The number of carbonyl (C=O) groups is 1. The van der Waals surface area contributed by atoms with Crippen molar-refractivity contribution in [3.05, 3.63) is 47.8 Å². The van der Waals surface area contributed by atoms with Crippen LogP contribution in [0.4, 0.5) is 28.2 Å². The van der Waals surface area contributed by atoms with Gasteiger partial charge in [-0.05, 0) is 37.1 Å². The van der Waals surface area contributed by atoms with E-state index in [2.05, 4.69) is 9.97 Å². The maximum Gasteiger partial charge on any atom is 0.407 e. The highest BCUT2D eigenvalue weighted by Crippen LogP contribution is 2.39. The molecule has 166 valence electrons. The second-order valence-corrected chi connectivity index (χ2v) is 7.90. The molecule has 2 atom stereocenters. The number of fused-ring (bicyclic) bond motifs is 3. The lowest BCUT2D eigenvalue weighted by Crippen LogP contribution is -2.55. The normalized spacial score (nSPS) is 20.2. The molecule has 7 nitrogen and oxygen atoms in total. The number of phenols is 1.